The van der Waals surface area contributed by atoms with Crippen molar-refractivity contribution >= 4 is 23.2 Å². The van der Waals surface area contributed by atoms with Crippen molar-refractivity contribution in [3.8, 4) is 5.75 Å². The van der Waals surface area contributed by atoms with E-state index in [4.69, 9.17) is 16.3 Å². The third-order valence-electron chi connectivity index (χ3n) is 2.80. The van der Waals surface area contributed by atoms with Crippen molar-refractivity contribution in [1.82, 2.24) is 9.97 Å². The van der Waals surface area contributed by atoms with Crippen LogP contribution in [0.25, 0.3) is 0 Å². The Labute approximate surface area is 127 Å². The number of halogens is 2. The lowest BCUT2D eigenvalue weighted by Gasteiger charge is -2.13. The second kappa shape index (κ2) is 7.08. The van der Waals surface area contributed by atoms with Gasteiger partial charge >= 0.3 is 0 Å². The summed E-state index contributed by atoms with van der Waals surface area (Å²) in [7, 11) is 1.56. The number of methoxy groups -OCH3 is 1. The Kier molecular flexibility index (Phi) is 5.16. The zero-order chi connectivity index (χ0) is 15.2. The van der Waals surface area contributed by atoms with E-state index in [1.807, 2.05) is 6.92 Å². The minimum atomic E-state index is -0.436. The molecule has 0 aliphatic rings. The van der Waals surface area contributed by atoms with Gasteiger partial charge in [-0.15, -0.1) is 0 Å². The SMILES string of the molecule is CCNc1ncnc(NCc2ccc(F)c(Cl)c2)c1OC. The van der Waals surface area contributed by atoms with Gasteiger partial charge in [-0.2, -0.15) is 0 Å². The summed E-state index contributed by atoms with van der Waals surface area (Å²) < 4.78 is 18.4. The van der Waals surface area contributed by atoms with Crippen molar-refractivity contribution in [3.05, 3.63) is 40.9 Å². The third kappa shape index (κ3) is 3.72. The van der Waals surface area contributed by atoms with Crippen molar-refractivity contribution in [2.75, 3.05) is 24.3 Å². The predicted octanol–water partition coefficient (Wildman–Crippen LogP) is 3.32. The van der Waals surface area contributed by atoms with Crippen LogP contribution in [0.4, 0.5) is 16.0 Å². The molecule has 2 N–H and O–H groups in total. The van der Waals surface area contributed by atoms with Gasteiger partial charge in [0, 0.05) is 13.1 Å². The van der Waals surface area contributed by atoms with Gasteiger partial charge in [0.25, 0.3) is 0 Å². The smallest absolute Gasteiger partial charge is 0.204 e. The number of nitrogens with zero attached hydrogens (tertiary/aromatic N) is 2. The predicted molar refractivity (Wildman–Crippen MR) is 81.5 cm³/mol. The van der Waals surface area contributed by atoms with Gasteiger partial charge in [-0.3, -0.25) is 0 Å². The van der Waals surface area contributed by atoms with E-state index in [1.54, 1.807) is 19.2 Å². The lowest BCUT2D eigenvalue weighted by Crippen LogP contribution is -2.08. The molecule has 1 aromatic carbocycles. The van der Waals surface area contributed by atoms with Gasteiger partial charge in [0.1, 0.15) is 12.1 Å². The summed E-state index contributed by atoms with van der Waals surface area (Å²) in [5, 5.41) is 6.32. The maximum absolute atomic E-state index is 13.1. The van der Waals surface area contributed by atoms with Gasteiger partial charge in [0.2, 0.25) is 5.75 Å². The van der Waals surface area contributed by atoms with Crippen LogP contribution in [0.15, 0.2) is 24.5 Å². The van der Waals surface area contributed by atoms with Crippen LogP contribution in [-0.2, 0) is 6.54 Å². The van der Waals surface area contributed by atoms with Gasteiger partial charge in [-0.25, -0.2) is 14.4 Å². The fraction of sp³-hybridized carbons (Fsp3) is 0.286. The van der Waals surface area contributed by atoms with E-state index in [9.17, 15) is 4.39 Å². The summed E-state index contributed by atoms with van der Waals surface area (Å²) in [6, 6.07) is 4.57. The lowest BCUT2D eigenvalue weighted by atomic mass is 10.2. The Morgan fingerprint density at radius 2 is 1.95 bits per heavy atom. The number of anilines is 2. The standard InChI is InChI=1S/C14H16ClFN4O/c1-3-17-13-12(21-2)14(20-8-19-13)18-7-9-4-5-11(16)10(15)6-9/h4-6,8H,3,7H2,1-2H3,(H2,17,18,19,20). The van der Waals surface area contributed by atoms with Crippen LogP contribution in [0.3, 0.4) is 0 Å². The highest BCUT2D eigenvalue weighted by Gasteiger charge is 2.11. The summed E-state index contributed by atoms with van der Waals surface area (Å²) in [5.41, 5.74) is 0.840. The van der Waals surface area contributed by atoms with E-state index in [0.717, 1.165) is 12.1 Å². The lowest BCUT2D eigenvalue weighted by molar-refractivity contribution is 0.414. The second-order valence-corrected chi connectivity index (χ2v) is 4.64. The quantitative estimate of drug-likeness (QED) is 0.857. The van der Waals surface area contributed by atoms with Crippen LogP contribution in [-0.4, -0.2) is 23.6 Å². The molecule has 0 saturated heterocycles. The normalized spacial score (nSPS) is 10.3. The van der Waals surface area contributed by atoms with Crippen molar-refractivity contribution in [3.63, 3.8) is 0 Å². The Balaban J connectivity index is 2.15. The average molecular weight is 311 g/mol. The molecule has 0 unspecified atom stereocenters. The van der Waals surface area contributed by atoms with Crippen LogP contribution in [0, 0.1) is 5.82 Å². The first kappa shape index (κ1) is 15.3. The van der Waals surface area contributed by atoms with E-state index in [-0.39, 0.29) is 5.02 Å². The molecule has 0 amide bonds. The maximum atomic E-state index is 13.1. The van der Waals surface area contributed by atoms with Crippen molar-refractivity contribution in [1.29, 1.82) is 0 Å². The average Bonchev–Trinajstić information content (AvgIpc) is 2.49. The Morgan fingerprint density at radius 1 is 1.24 bits per heavy atom. The molecule has 7 heteroatoms. The molecular formula is C14H16ClFN4O. The minimum absolute atomic E-state index is 0.0947. The van der Waals surface area contributed by atoms with E-state index in [0.29, 0.717) is 23.9 Å². The molecule has 5 nitrogen and oxygen atoms in total. The molecule has 0 spiro atoms. The molecular weight excluding hydrogens is 295 g/mol. The molecule has 2 rings (SSSR count). The van der Waals surface area contributed by atoms with Gasteiger partial charge in [0.15, 0.2) is 11.6 Å². The van der Waals surface area contributed by atoms with Crippen molar-refractivity contribution in [2.24, 2.45) is 0 Å². The molecule has 0 radical (unpaired) electrons. The summed E-state index contributed by atoms with van der Waals surface area (Å²) in [6.07, 6.45) is 1.44. The van der Waals surface area contributed by atoms with Crippen LogP contribution in [0.5, 0.6) is 5.75 Å². The zero-order valence-electron chi connectivity index (χ0n) is 11.8. The van der Waals surface area contributed by atoms with Crippen molar-refractivity contribution < 1.29 is 9.13 Å². The van der Waals surface area contributed by atoms with E-state index < -0.39 is 5.82 Å². The molecule has 0 saturated carbocycles. The molecule has 0 fully saturated rings. The van der Waals surface area contributed by atoms with Gasteiger partial charge in [0.05, 0.1) is 12.1 Å². The largest absolute Gasteiger partial charge is 0.490 e. The Morgan fingerprint density at radius 3 is 2.57 bits per heavy atom. The first-order chi connectivity index (χ1) is 10.2. The summed E-state index contributed by atoms with van der Waals surface area (Å²) in [6.45, 7) is 3.13. The van der Waals surface area contributed by atoms with E-state index in [2.05, 4.69) is 20.6 Å². The molecule has 0 aliphatic heterocycles. The van der Waals surface area contributed by atoms with Crippen LogP contribution in [0.2, 0.25) is 5.02 Å². The van der Waals surface area contributed by atoms with Crippen molar-refractivity contribution in [2.45, 2.75) is 13.5 Å². The first-order valence-electron chi connectivity index (χ1n) is 6.46. The fourth-order valence-electron chi connectivity index (χ4n) is 1.82. The first-order valence-corrected chi connectivity index (χ1v) is 6.84. The number of benzene rings is 1. The molecule has 0 aliphatic carbocycles. The van der Waals surface area contributed by atoms with Gasteiger partial charge < -0.3 is 15.4 Å². The Hall–Kier alpha value is -2.08. The summed E-state index contributed by atoms with van der Waals surface area (Å²) in [5.74, 6) is 1.28. The minimum Gasteiger partial charge on any atom is -0.490 e. The third-order valence-corrected chi connectivity index (χ3v) is 3.09. The summed E-state index contributed by atoms with van der Waals surface area (Å²) in [4.78, 5) is 8.28. The molecule has 2 aromatic rings. The summed E-state index contributed by atoms with van der Waals surface area (Å²) >= 11 is 5.76. The highest BCUT2D eigenvalue weighted by Crippen LogP contribution is 2.29. The number of ether oxygens (including phenoxy) is 1. The fourth-order valence-corrected chi connectivity index (χ4v) is 2.02. The number of rotatable bonds is 6. The number of hydrogen-bond acceptors (Lipinski definition) is 5. The van der Waals surface area contributed by atoms with Crippen LogP contribution in [0.1, 0.15) is 12.5 Å². The molecule has 1 heterocycles. The van der Waals surface area contributed by atoms with E-state index >= 15 is 0 Å². The topological polar surface area (TPSA) is 59.1 Å². The highest BCUT2D eigenvalue weighted by atomic mass is 35.5. The van der Waals surface area contributed by atoms with Gasteiger partial charge in [-0.05, 0) is 24.6 Å². The number of aromatic nitrogens is 2. The second-order valence-electron chi connectivity index (χ2n) is 4.24. The van der Waals surface area contributed by atoms with Crippen LogP contribution < -0.4 is 15.4 Å². The zero-order valence-corrected chi connectivity index (χ0v) is 12.5. The highest BCUT2D eigenvalue weighted by molar-refractivity contribution is 6.30. The maximum Gasteiger partial charge on any atom is 0.204 e. The molecule has 112 valence electrons. The number of hydrogen-bond donors (Lipinski definition) is 2. The Bertz CT molecular complexity index is 624. The van der Waals surface area contributed by atoms with E-state index in [1.165, 1.54) is 12.4 Å². The molecule has 21 heavy (non-hydrogen) atoms. The number of nitrogens with one attached hydrogen (secondary N) is 2. The molecule has 0 atom stereocenters. The monoisotopic (exact) mass is 310 g/mol. The van der Waals surface area contributed by atoms with Crippen LogP contribution >= 0.6 is 11.6 Å². The molecule has 1 aromatic heterocycles. The van der Waals surface area contributed by atoms with Gasteiger partial charge in [-0.1, -0.05) is 17.7 Å². The molecule has 0 bridgehead atoms.